The van der Waals surface area contributed by atoms with E-state index in [-0.39, 0.29) is 0 Å². The predicted octanol–water partition coefficient (Wildman–Crippen LogP) is 1.56. The highest BCUT2D eigenvalue weighted by atomic mass is 15.3. The van der Waals surface area contributed by atoms with Crippen molar-refractivity contribution in [2.24, 2.45) is 7.05 Å². The number of hydrogen-bond acceptors (Lipinski definition) is 3. The Balaban J connectivity index is 2.02. The smallest absolute Gasteiger partial charge is 0.0729 e. The summed E-state index contributed by atoms with van der Waals surface area (Å²) in [4.78, 5) is 0. The molecule has 0 aliphatic rings. The van der Waals surface area contributed by atoms with Gasteiger partial charge in [-0.15, -0.1) is 0 Å². The lowest BCUT2D eigenvalue weighted by atomic mass is 10.3. The molecule has 0 aromatic carbocycles. The first-order valence-electron chi connectivity index (χ1n) is 5.44. The molecule has 2 rings (SSSR count). The van der Waals surface area contributed by atoms with Crippen molar-refractivity contribution in [2.75, 3.05) is 5.32 Å². The number of hydrogen-bond donors (Lipinski definition) is 1. The van der Waals surface area contributed by atoms with Gasteiger partial charge in [-0.1, -0.05) is 0 Å². The van der Waals surface area contributed by atoms with Crippen LogP contribution in [0.4, 0.5) is 5.69 Å². The maximum atomic E-state index is 4.21. The van der Waals surface area contributed by atoms with Crippen LogP contribution in [-0.4, -0.2) is 19.6 Å². The summed E-state index contributed by atoms with van der Waals surface area (Å²) in [6.07, 6.45) is 5.73. The summed E-state index contributed by atoms with van der Waals surface area (Å²) in [5, 5.41) is 11.8. The summed E-state index contributed by atoms with van der Waals surface area (Å²) in [5.74, 6) is 0. The second-order valence-corrected chi connectivity index (χ2v) is 3.84. The molecule has 0 radical (unpaired) electrons. The summed E-state index contributed by atoms with van der Waals surface area (Å²) in [6.45, 7) is 5.81. The Morgan fingerprint density at radius 2 is 2.12 bits per heavy atom. The minimum atomic E-state index is 0.776. The fourth-order valence-corrected chi connectivity index (χ4v) is 1.64. The Bertz CT molecular complexity index is 449. The minimum Gasteiger partial charge on any atom is -0.377 e. The largest absolute Gasteiger partial charge is 0.377 e. The standard InChI is InChI=1S/C11H17N5/c1-4-16-8-10(6-14-16)12-7-11-9(2)5-13-15(11)3/h5-6,8,12H,4,7H2,1-3H3. The van der Waals surface area contributed by atoms with Gasteiger partial charge >= 0.3 is 0 Å². The van der Waals surface area contributed by atoms with Crippen molar-refractivity contribution in [2.45, 2.75) is 26.9 Å². The highest BCUT2D eigenvalue weighted by Crippen LogP contribution is 2.10. The molecule has 2 heterocycles. The topological polar surface area (TPSA) is 47.7 Å². The molecule has 5 nitrogen and oxygen atoms in total. The third kappa shape index (κ3) is 2.08. The predicted molar refractivity (Wildman–Crippen MR) is 63.2 cm³/mol. The van der Waals surface area contributed by atoms with Crippen molar-refractivity contribution in [1.29, 1.82) is 0 Å². The number of rotatable bonds is 4. The quantitative estimate of drug-likeness (QED) is 0.848. The molecule has 1 N–H and O–H groups in total. The second kappa shape index (κ2) is 4.38. The fraction of sp³-hybridized carbons (Fsp3) is 0.455. The van der Waals surface area contributed by atoms with Gasteiger partial charge in [0.1, 0.15) is 0 Å². The molecule has 0 bridgehead atoms. The molecule has 0 spiro atoms. The van der Waals surface area contributed by atoms with Gasteiger partial charge in [-0.25, -0.2) is 0 Å². The summed E-state index contributed by atoms with van der Waals surface area (Å²) >= 11 is 0. The molecular weight excluding hydrogens is 202 g/mol. The zero-order valence-corrected chi connectivity index (χ0v) is 9.94. The molecule has 0 aliphatic heterocycles. The second-order valence-electron chi connectivity index (χ2n) is 3.84. The fourth-order valence-electron chi connectivity index (χ4n) is 1.64. The van der Waals surface area contributed by atoms with E-state index in [1.807, 2.05) is 35.0 Å². The van der Waals surface area contributed by atoms with E-state index in [0.717, 1.165) is 18.8 Å². The Hall–Kier alpha value is -1.78. The van der Waals surface area contributed by atoms with Gasteiger partial charge in [0.05, 0.1) is 30.3 Å². The molecule has 0 saturated carbocycles. The van der Waals surface area contributed by atoms with E-state index in [4.69, 9.17) is 0 Å². The van der Waals surface area contributed by atoms with E-state index in [1.165, 1.54) is 11.3 Å². The van der Waals surface area contributed by atoms with Crippen LogP contribution in [0.2, 0.25) is 0 Å². The first-order chi connectivity index (χ1) is 7.70. The van der Waals surface area contributed by atoms with Crippen molar-refractivity contribution < 1.29 is 0 Å². The van der Waals surface area contributed by atoms with Gasteiger partial charge in [-0.05, 0) is 19.4 Å². The van der Waals surface area contributed by atoms with E-state index in [1.54, 1.807) is 0 Å². The van der Waals surface area contributed by atoms with Crippen molar-refractivity contribution in [3.63, 3.8) is 0 Å². The lowest BCUT2D eigenvalue weighted by molar-refractivity contribution is 0.660. The molecule has 0 atom stereocenters. The molecule has 16 heavy (non-hydrogen) atoms. The van der Waals surface area contributed by atoms with Crippen LogP contribution in [-0.2, 0) is 20.1 Å². The zero-order chi connectivity index (χ0) is 11.5. The van der Waals surface area contributed by atoms with Crippen LogP contribution in [0.3, 0.4) is 0 Å². The zero-order valence-electron chi connectivity index (χ0n) is 9.94. The van der Waals surface area contributed by atoms with Crippen LogP contribution in [0.1, 0.15) is 18.2 Å². The van der Waals surface area contributed by atoms with Gasteiger partial charge in [-0.3, -0.25) is 9.36 Å². The Morgan fingerprint density at radius 1 is 1.31 bits per heavy atom. The number of aromatic nitrogens is 4. The van der Waals surface area contributed by atoms with Crippen molar-refractivity contribution in [3.05, 3.63) is 29.8 Å². The van der Waals surface area contributed by atoms with Gasteiger partial charge in [0.25, 0.3) is 0 Å². The first kappa shape index (κ1) is 10.7. The van der Waals surface area contributed by atoms with Gasteiger partial charge in [0.15, 0.2) is 0 Å². The van der Waals surface area contributed by atoms with Crippen molar-refractivity contribution in [1.82, 2.24) is 19.6 Å². The molecule has 0 amide bonds. The average molecular weight is 219 g/mol. The molecule has 5 heteroatoms. The van der Waals surface area contributed by atoms with E-state index >= 15 is 0 Å². The summed E-state index contributed by atoms with van der Waals surface area (Å²) < 4.78 is 3.80. The maximum Gasteiger partial charge on any atom is 0.0729 e. The molecule has 0 saturated heterocycles. The molecule has 0 aliphatic carbocycles. The van der Waals surface area contributed by atoms with Crippen LogP contribution in [0.15, 0.2) is 18.6 Å². The molecule has 0 fully saturated rings. The monoisotopic (exact) mass is 219 g/mol. The van der Waals surface area contributed by atoms with Crippen LogP contribution < -0.4 is 5.32 Å². The summed E-state index contributed by atoms with van der Waals surface area (Å²) in [6, 6.07) is 0. The van der Waals surface area contributed by atoms with E-state index in [9.17, 15) is 0 Å². The summed E-state index contributed by atoms with van der Waals surface area (Å²) in [7, 11) is 1.96. The van der Waals surface area contributed by atoms with Crippen LogP contribution >= 0.6 is 0 Å². The van der Waals surface area contributed by atoms with E-state index in [0.29, 0.717) is 0 Å². The first-order valence-corrected chi connectivity index (χ1v) is 5.44. The number of aryl methyl sites for hydroxylation is 3. The molecule has 2 aromatic rings. The van der Waals surface area contributed by atoms with Crippen LogP contribution in [0.25, 0.3) is 0 Å². The molecule has 2 aromatic heterocycles. The highest BCUT2D eigenvalue weighted by Gasteiger charge is 2.04. The maximum absolute atomic E-state index is 4.21. The summed E-state index contributed by atoms with van der Waals surface area (Å²) in [5.41, 5.74) is 3.45. The van der Waals surface area contributed by atoms with Gasteiger partial charge in [-0.2, -0.15) is 10.2 Å². The molecule has 0 unspecified atom stereocenters. The van der Waals surface area contributed by atoms with Gasteiger partial charge < -0.3 is 5.32 Å². The van der Waals surface area contributed by atoms with Gasteiger partial charge in [0, 0.05) is 19.8 Å². The Morgan fingerprint density at radius 3 is 2.69 bits per heavy atom. The Labute approximate surface area is 95.1 Å². The Kier molecular flexibility index (Phi) is 2.94. The normalized spacial score (nSPS) is 10.7. The lowest BCUT2D eigenvalue weighted by Crippen LogP contribution is -2.06. The lowest BCUT2D eigenvalue weighted by Gasteiger charge is -2.05. The number of anilines is 1. The van der Waals surface area contributed by atoms with Gasteiger partial charge in [0.2, 0.25) is 0 Å². The number of nitrogens with one attached hydrogen (secondary N) is 1. The van der Waals surface area contributed by atoms with Crippen LogP contribution in [0.5, 0.6) is 0 Å². The van der Waals surface area contributed by atoms with Crippen molar-refractivity contribution >= 4 is 5.69 Å². The minimum absolute atomic E-state index is 0.776. The molecular formula is C11H17N5. The van der Waals surface area contributed by atoms with Crippen molar-refractivity contribution in [3.8, 4) is 0 Å². The third-order valence-corrected chi connectivity index (χ3v) is 2.69. The molecule has 86 valence electrons. The van der Waals surface area contributed by atoms with E-state index < -0.39 is 0 Å². The van der Waals surface area contributed by atoms with Crippen LogP contribution in [0, 0.1) is 6.92 Å². The SMILES string of the molecule is CCn1cc(NCc2c(C)cnn2C)cn1. The average Bonchev–Trinajstić information content (AvgIpc) is 2.85. The highest BCUT2D eigenvalue weighted by molar-refractivity contribution is 5.39. The number of nitrogens with zero attached hydrogens (tertiary/aromatic N) is 4. The van der Waals surface area contributed by atoms with E-state index in [2.05, 4.69) is 29.4 Å². The third-order valence-electron chi connectivity index (χ3n) is 2.69.